The van der Waals surface area contributed by atoms with Crippen molar-refractivity contribution in [2.45, 2.75) is 18.9 Å². The van der Waals surface area contributed by atoms with Crippen LogP contribution in [0.4, 0.5) is 0 Å². The second kappa shape index (κ2) is 4.69. The topological polar surface area (TPSA) is 113 Å². The molecule has 1 unspecified atom stereocenters. The molecule has 1 aliphatic rings. The Hall–Kier alpha value is -0.990. The second-order valence-corrected chi connectivity index (χ2v) is 5.04. The maximum Gasteiger partial charge on any atom is 0.244 e. The maximum atomic E-state index is 11.2. The van der Waals surface area contributed by atoms with E-state index >= 15 is 0 Å². The van der Waals surface area contributed by atoms with Gasteiger partial charge < -0.3 is 5.11 Å². The third-order valence-electron chi connectivity index (χ3n) is 1.92. The summed E-state index contributed by atoms with van der Waals surface area (Å²) in [5.41, 5.74) is 0. The minimum atomic E-state index is -3.65. The predicted octanol–water partition coefficient (Wildman–Crippen LogP) is -2.30. The largest absolute Gasteiger partial charge is 0.395 e. The average molecular weight is 236 g/mol. The highest BCUT2D eigenvalue weighted by molar-refractivity contribution is 7.89. The number of carbonyl (C=O) groups excluding carboxylic acids is 2. The van der Waals surface area contributed by atoms with E-state index in [1.54, 1.807) is 0 Å². The molecule has 7 nitrogen and oxygen atoms in total. The number of piperidine rings is 1. The molecule has 0 aromatic rings. The first-order valence-electron chi connectivity index (χ1n) is 4.39. The first-order valence-corrected chi connectivity index (χ1v) is 6.04. The van der Waals surface area contributed by atoms with Crippen LogP contribution in [-0.2, 0) is 19.6 Å². The lowest BCUT2D eigenvalue weighted by Crippen LogP contribution is -2.52. The Balaban J connectivity index is 2.59. The molecule has 0 aliphatic carbocycles. The summed E-state index contributed by atoms with van der Waals surface area (Å²) in [5.74, 6) is -1.50. The van der Waals surface area contributed by atoms with E-state index in [2.05, 4.69) is 4.72 Å². The smallest absolute Gasteiger partial charge is 0.244 e. The number of amides is 2. The van der Waals surface area contributed by atoms with E-state index in [9.17, 15) is 18.0 Å². The molecule has 0 radical (unpaired) electrons. The van der Waals surface area contributed by atoms with Crippen LogP contribution in [0, 0.1) is 0 Å². The van der Waals surface area contributed by atoms with Gasteiger partial charge in [-0.05, 0) is 6.42 Å². The molecular formula is C7H12N2O5S. The lowest BCUT2D eigenvalue weighted by Gasteiger charge is -2.21. The van der Waals surface area contributed by atoms with Crippen LogP contribution >= 0.6 is 0 Å². The number of aliphatic hydroxyl groups excluding tert-OH is 1. The first kappa shape index (κ1) is 12.1. The summed E-state index contributed by atoms with van der Waals surface area (Å²) in [4.78, 5) is 21.9. The van der Waals surface area contributed by atoms with Crippen LogP contribution in [0.15, 0.2) is 0 Å². The molecule has 1 atom stereocenters. The van der Waals surface area contributed by atoms with Gasteiger partial charge in [-0.2, -0.15) is 0 Å². The van der Waals surface area contributed by atoms with Gasteiger partial charge in [0.1, 0.15) is 6.04 Å². The lowest BCUT2D eigenvalue weighted by atomic mass is 10.1. The predicted molar refractivity (Wildman–Crippen MR) is 50.2 cm³/mol. The second-order valence-electron chi connectivity index (χ2n) is 3.16. The summed E-state index contributed by atoms with van der Waals surface area (Å²) in [6.45, 7) is -0.511. The van der Waals surface area contributed by atoms with E-state index in [1.165, 1.54) is 0 Å². The zero-order chi connectivity index (χ0) is 11.5. The highest BCUT2D eigenvalue weighted by Crippen LogP contribution is 2.05. The fraction of sp³-hybridized carbons (Fsp3) is 0.714. The Bertz CT molecular complexity index is 364. The van der Waals surface area contributed by atoms with E-state index < -0.39 is 40.2 Å². The van der Waals surface area contributed by atoms with Gasteiger partial charge in [0.2, 0.25) is 21.8 Å². The molecular weight excluding hydrogens is 224 g/mol. The Labute approximate surface area is 86.9 Å². The third-order valence-corrected chi connectivity index (χ3v) is 3.28. The third kappa shape index (κ3) is 3.57. The standard InChI is InChI=1S/C7H12N2O5S/c10-3-4-15(13,14)9-5-1-2-6(11)8-7(5)12/h5,9-10H,1-4H2,(H,8,11,12). The Kier molecular flexibility index (Phi) is 3.77. The Morgan fingerprint density at radius 1 is 1.47 bits per heavy atom. The van der Waals surface area contributed by atoms with Gasteiger partial charge in [-0.25, -0.2) is 13.1 Å². The van der Waals surface area contributed by atoms with Gasteiger partial charge >= 0.3 is 0 Å². The molecule has 15 heavy (non-hydrogen) atoms. The van der Waals surface area contributed by atoms with Gasteiger partial charge in [-0.15, -0.1) is 0 Å². The molecule has 86 valence electrons. The van der Waals surface area contributed by atoms with Crippen molar-refractivity contribution >= 4 is 21.8 Å². The summed E-state index contributed by atoms with van der Waals surface area (Å²) in [6, 6.07) is -0.917. The van der Waals surface area contributed by atoms with Gasteiger partial charge in [0.05, 0.1) is 12.4 Å². The number of aliphatic hydroxyl groups is 1. The van der Waals surface area contributed by atoms with E-state index in [4.69, 9.17) is 5.11 Å². The normalized spacial score (nSPS) is 22.6. The van der Waals surface area contributed by atoms with E-state index in [-0.39, 0.29) is 12.8 Å². The fourth-order valence-electron chi connectivity index (χ4n) is 1.20. The number of rotatable bonds is 4. The molecule has 0 spiro atoms. The van der Waals surface area contributed by atoms with Gasteiger partial charge in [0, 0.05) is 6.42 Å². The highest BCUT2D eigenvalue weighted by atomic mass is 32.2. The minimum Gasteiger partial charge on any atom is -0.395 e. The molecule has 1 heterocycles. The quantitative estimate of drug-likeness (QED) is 0.475. The number of hydrogen-bond acceptors (Lipinski definition) is 5. The van der Waals surface area contributed by atoms with Crippen molar-refractivity contribution in [3.8, 4) is 0 Å². The van der Waals surface area contributed by atoms with Crippen LogP contribution < -0.4 is 10.0 Å². The van der Waals surface area contributed by atoms with Crippen molar-refractivity contribution in [3.63, 3.8) is 0 Å². The molecule has 8 heteroatoms. The van der Waals surface area contributed by atoms with Crippen LogP contribution in [0.5, 0.6) is 0 Å². The van der Waals surface area contributed by atoms with Gasteiger partial charge in [-0.1, -0.05) is 0 Å². The molecule has 0 saturated carbocycles. The summed E-state index contributed by atoms with van der Waals surface area (Å²) in [6.07, 6.45) is 0.257. The van der Waals surface area contributed by atoms with Crippen molar-refractivity contribution in [2.75, 3.05) is 12.4 Å². The van der Waals surface area contributed by atoms with Crippen molar-refractivity contribution in [1.82, 2.24) is 10.0 Å². The highest BCUT2D eigenvalue weighted by Gasteiger charge is 2.29. The SMILES string of the molecule is O=C1CCC(NS(=O)(=O)CCO)C(=O)N1. The molecule has 1 aliphatic heterocycles. The fourth-order valence-corrected chi connectivity index (χ4v) is 2.22. The molecule has 3 N–H and O–H groups in total. The van der Waals surface area contributed by atoms with Gasteiger partial charge in [-0.3, -0.25) is 14.9 Å². The van der Waals surface area contributed by atoms with E-state index in [0.717, 1.165) is 0 Å². The van der Waals surface area contributed by atoms with Crippen LogP contribution in [0.2, 0.25) is 0 Å². The van der Waals surface area contributed by atoms with Crippen molar-refractivity contribution in [1.29, 1.82) is 0 Å². The molecule has 1 saturated heterocycles. The minimum absolute atomic E-state index is 0.109. The summed E-state index contributed by atoms with van der Waals surface area (Å²) in [7, 11) is -3.65. The Morgan fingerprint density at radius 2 is 2.13 bits per heavy atom. The van der Waals surface area contributed by atoms with E-state index in [1.807, 2.05) is 5.32 Å². The summed E-state index contributed by atoms with van der Waals surface area (Å²) < 4.78 is 24.5. The Morgan fingerprint density at radius 3 is 2.67 bits per heavy atom. The number of carbonyl (C=O) groups is 2. The zero-order valence-corrected chi connectivity index (χ0v) is 8.71. The number of sulfonamides is 1. The molecule has 1 rings (SSSR count). The van der Waals surface area contributed by atoms with Crippen molar-refractivity contribution < 1.29 is 23.1 Å². The van der Waals surface area contributed by atoms with Crippen LogP contribution in [0.25, 0.3) is 0 Å². The van der Waals surface area contributed by atoms with Crippen molar-refractivity contribution in [3.05, 3.63) is 0 Å². The molecule has 0 bridgehead atoms. The summed E-state index contributed by atoms with van der Waals surface area (Å²) in [5, 5.41) is 10.5. The van der Waals surface area contributed by atoms with Crippen molar-refractivity contribution in [2.24, 2.45) is 0 Å². The summed E-state index contributed by atoms with van der Waals surface area (Å²) >= 11 is 0. The van der Waals surface area contributed by atoms with Gasteiger partial charge in [0.25, 0.3) is 0 Å². The van der Waals surface area contributed by atoms with Crippen LogP contribution in [0.1, 0.15) is 12.8 Å². The molecule has 0 aromatic carbocycles. The number of nitrogens with one attached hydrogen (secondary N) is 2. The number of imide groups is 1. The maximum absolute atomic E-state index is 11.2. The zero-order valence-electron chi connectivity index (χ0n) is 7.89. The van der Waals surface area contributed by atoms with Gasteiger partial charge in [0.15, 0.2) is 0 Å². The average Bonchev–Trinajstić information content (AvgIpc) is 2.09. The van der Waals surface area contributed by atoms with E-state index in [0.29, 0.717) is 0 Å². The monoisotopic (exact) mass is 236 g/mol. The molecule has 0 aromatic heterocycles. The first-order chi connectivity index (χ1) is 6.94. The molecule has 2 amide bonds. The lowest BCUT2D eigenvalue weighted by molar-refractivity contribution is -0.134. The van der Waals surface area contributed by atoms with Crippen LogP contribution in [0.3, 0.4) is 0 Å². The number of hydrogen-bond donors (Lipinski definition) is 3. The van der Waals surface area contributed by atoms with Crippen LogP contribution in [-0.4, -0.2) is 43.7 Å². The molecule has 1 fully saturated rings.